The molecule has 164 valence electrons. The fourth-order valence-corrected chi connectivity index (χ4v) is 4.71. The predicted molar refractivity (Wildman–Crippen MR) is 121 cm³/mol. The van der Waals surface area contributed by atoms with Gasteiger partial charge in [0.25, 0.3) is 0 Å². The van der Waals surface area contributed by atoms with E-state index in [0.717, 1.165) is 42.5 Å². The quantitative estimate of drug-likeness (QED) is 0.451. The van der Waals surface area contributed by atoms with Crippen LogP contribution in [0.1, 0.15) is 76.8 Å². The summed E-state index contributed by atoms with van der Waals surface area (Å²) in [5, 5.41) is 12.6. The van der Waals surface area contributed by atoms with E-state index in [4.69, 9.17) is 4.74 Å². The third-order valence-electron chi connectivity index (χ3n) is 5.62. The van der Waals surface area contributed by atoms with Crippen LogP contribution < -0.4 is 10.1 Å². The van der Waals surface area contributed by atoms with Crippen molar-refractivity contribution in [1.29, 1.82) is 0 Å². The van der Waals surface area contributed by atoms with Crippen LogP contribution in [0, 0.1) is 0 Å². The van der Waals surface area contributed by atoms with Gasteiger partial charge in [-0.1, -0.05) is 56.5 Å². The van der Waals surface area contributed by atoms with Gasteiger partial charge >= 0.3 is 0 Å². The number of nitrogens with zero attached hydrogens (tertiary/aromatic N) is 3. The molecule has 0 bridgehead atoms. The molecular weight excluding hydrogens is 396 g/mol. The highest BCUT2D eigenvalue weighted by Gasteiger charge is 2.20. The van der Waals surface area contributed by atoms with Crippen molar-refractivity contribution in [2.24, 2.45) is 0 Å². The van der Waals surface area contributed by atoms with Gasteiger partial charge < -0.3 is 14.6 Å². The highest BCUT2D eigenvalue weighted by atomic mass is 32.2. The second-order valence-electron chi connectivity index (χ2n) is 7.89. The molecule has 1 aliphatic carbocycles. The first kappa shape index (κ1) is 22.7. The largest absolute Gasteiger partial charge is 0.483 e. The second kappa shape index (κ2) is 11.4. The Morgan fingerprint density at radius 1 is 1.17 bits per heavy atom. The van der Waals surface area contributed by atoms with Gasteiger partial charge in [-0.2, -0.15) is 0 Å². The lowest BCUT2D eigenvalue weighted by Crippen LogP contribution is -2.35. The number of aromatic nitrogens is 3. The molecular formula is C23H34N4O2S. The summed E-state index contributed by atoms with van der Waals surface area (Å²) < 4.78 is 8.12. The van der Waals surface area contributed by atoms with E-state index < -0.39 is 0 Å². The van der Waals surface area contributed by atoms with E-state index in [1.54, 1.807) is 0 Å². The van der Waals surface area contributed by atoms with Gasteiger partial charge in [0, 0.05) is 12.6 Å². The zero-order chi connectivity index (χ0) is 21.3. The van der Waals surface area contributed by atoms with Crippen LogP contribution in [0.3, 0.4) is 0 Å². The summed E-state index contributed by atoms with van der Waals surface area (Å²) in [5.74, 6) is 2.05. The molecule has 1 atom stereocenters. The molecule has 3 rings (SSSR count). The Hall–Kier alpha value is -2.02. The normalized spacial score (nSPS) is 16.1. The minimum absolute atomic E-state index is 0.0828. The molecule has 1 fully saturated rings. The van der Waals surface area contributed by atoms with Crippen LogP contribution in [-0.4, -0.2) is 32.5 Å². The maximum atomic E-state index is 12.4. The predicted octanol–water partition coefficient (Wildman–Crippen LogP) is 4.93. The van der Waals surface area contributed by atoms with Crippen molar-refractivity contribution < 1.29 is 9.53 Å². The van der Waals surface area contributed by atoms with E-state index in [9.17, 15) is 4.79 Å². The Morgan fingerprint density at radius 3 is 2.50 bits per heavy atom. The van der Waals surface area contributed by atoms with Gasteiger partial charge in [0.15, 0.2) is 17.1 Å². The van der Waals surface area contributed by atoms with Crippen molar-refractivity contribution in [2.45, 2.75) is 89.6 Å². The smallest absolute Gasteiger partial charge is 0.230 e. The maximum absolute atomic E-state index is 12.4. The molecule has 0 radical (unpaired) electrons. The Kier molecular flexibility index (Phi) is 8.61. The summed E-state index contributed by atoms with van der Waals surface area (Å²) in [6.45, 7) is 6.91. The summed E-state index contributed by atoms with van der Waals surface area (Å²) in [6.07, 6.45) is 7.97. The molecule has 1 aromatic carbocycles. The summed E-state index contributed by atoms with van der Waals surface area (Å²) in [4.78, 5) is 12.4. The molecule has 1 aromatic heterocycles. The first-order valence-corrected chi connectivity index (χ1v) is 12.2. The van der Waals surface area contributed by atoms with Crippen molar-refractivity contribution in [2.75, 3.05) is 5.75 Å². The monoisotopic (exact) mass is 430 g/mol. The van der Waals surface area contributed by atoms with Crippen molar-refractivity contribution in [1.82, 2.24) is 20.1 Å². The molecule has 0 spiro atoms. The van der Waals surface area contributed by atoms with Crippen molar-refractivity contribution in [3.8, 4) is 5.75 Å². The molecule has 1 N–H and O–H groups in total. The van der Waals surface area contributed by atoms with Crippen LogP contribution in [-0.2, 0) is 17.8 Å². The number of amides is 1. The third-order valence-corrected chi connectivity index (χ3v) is 6.59. The first-order valence-electron chi connectivity index (χ1n) is 11.2. The molecule has 30 heavy (non-hydrogen) atoms. The van der Waals surface area contributed by atoms with E-state index in [-0.39, 0.29) is 12.0 Å². The number of benzene rings is 1. The van der Waals surface area contributed by atoms with Crippen molar-refractivity contribution in [3.63, 3.8) is 0 Å². The Bertz CT molecular complexity index is 798. The molecule has 1 heterocycles. The molecule has 1 saturated carbocycles. The molecule has 1 aliphatic rings. The van der Waals surface area contributed by atoms with Gasteiger partial charge in [0.05, 0.1) is 5.75 Å². The highest BCUT2D eigenvalue weighted by Crippen LogP contribution is 2.25. The van der Waals surface area contributed by atoms with Gasteiger partial charge in [-0.05, 0) is 50.8 Å². The lowest BCUT2D eigenvalue weighted by Gasteiger charge is -2.17. The maximum Gasteiger partial charge on any atom is 0.230 e. The van der Waals surface area contributed by atoms with Crippen LogP contribution in [0.25, 0.3) is 0 Å². The second-order valence-corrected chi connectivity index (χ2v) is 8.83. The third kappa shape index (κ3) is 6.24. The van der Waals surface area contributed by atoms with E-state index in [1.807, 2.05) is 23.6 Å². The molecule has 7 heteroatoms. The minimum Gasteiger partial charge on any atom is -0.483 e. The number of hydrogen-bond donors (Lipinski definition) is 1. The number of aryl methyl sites for hydroxylation is 1. The number of thioether (sulfide) groups is 1. The average molecular weight is 431 g/mol. The van der Waals surface area contributed by atoms with Crippen LogP contribution in [0.5, 0.6) is 5.75 Å². The number of rotatable bonds is 9. The Labute approximate surface area is 184 Å². The lowest BCUT2D eigenvalue weighted by molar-refractivity contribution is -0.119. The van der Waals surface area contributed by atoms with E-state index in [2.05, 4.69) is 41.5 Å². The summed E-state index contributed by atoms with van der Waals surface area (Å²) >= 11 is 1.44. The summed E-state index contributed by atoms with van der Waals surface area (Å²) in [6, 6.07) is 8.49. The highest BCUT2D eigenvalue weighted by molar-refractivity contribution is 7.99. The molecule has 1 unspecified atom stereocenters. The van der Waals surface area contributed by atoms with Gasteiger partial charge in [0.2, 0.25) is 5.91 Å². The van der Waals surface area contributed by atoms with Gasteiger partial charge in [-0.15, -0.1) is 10.2 Å². The molecule has 2 aromatic rings. The van der Waals surface area contributed by atoms with Crippen LogP contribution in [0.15, 0.2) is 29.4 Å². The van der Waals surface area contributed by atoms with E-state index in [0.29, 0.717) is 11.8 Å². The van der Waals surface area contributed by atoms with Crippen molar-refractivity contribution in [3.05, 3.63) is 35.7 Å². The fourth-order valence-electron chi connectivity index (χ4n) is 3.89. The van der Waals surface area contributed by atoms with Gasteiger partial charge in [-0.25, -0.2) is 0 Å². The van der Waals surface area contributed by atoms with Gasteiger partial charge in [0.1, 0.15) is 5.75 Å². The molecule has 0 saturated heterocycles. The summed E-state index contributed by atoms with van der Waals surface area (Å²) in [7, 11) is 0. The number of carbonyl (C=O) groups excluding carboxylic acids is 1. The fraction of sp³-hybridized carbons (Fsp3) is 0.609. The standard InChI is InChI=1S/C23H34N4O2S/c1-4-18-12-14-20(15-13-18)29-17(3)22-25-26-23(27(22)5-2)30-16-21(28)24-19-10-8-6-7-9-11-19/h12-15,17,19H,4-11,16H2,1-3H3,(H,24,28). The van der Waals surface area contributed by atoms with Gasteiger partial charge in [-0.3, -0.25) is 4.79 Å². The number of carbonyl (C=O) groups is 1. The number of nitrogens with one attached hydrogen (secondary N) is 1. The molecule has 1 amide bonds. The summed E-state index contributed by atoms with van der Waals surface area (Å²) in [5.41, 5.74) is 1.28. The topological polar surface area (TPSA) is 69.0 Å². The number of hydrogen-bond acceptors (Lipinski definition) is 5. The van der Waals surface area contributed by atoms with Crippen LogP contribution in [0.4, 0.5) is 0 Å². The number of ether oxygens (including phenoxy) is 1. The molecule has 6 nitrogen and oxygen atoms in total. The zero-order valence-corrected chi connectivity index (χ0v) is 19.2. The van der Waals surface area contributed by atoms with E-state index >= 15 is 0 Å². The van der Waals surface area contributed by atoms with E-state index in [1.165, 1.54) is 43.0 Å². The Balaban J connectivity index is 1.56. The molecule has 0 aliphatic heterocycles. The van der Waals surface area contributed by atoms with Crippen LogP contribution >= 0.6 is 11.8 Å². The SMILES string of the molecule is CCc1ccc(OC(C)c2nnc(SCC(=O)NC3CCCCCC3)n2CC)cc1. The zero-order valence-electron chi connectivity index (χ0n) is 18.4. The van der Waals surface area contributed by atoms with Crippen LogP contribution in [0.2, 0.25) is 0 Å². The first-order chi connectivity index (χ1) is 14.6. The van der Waals surface area contributed by atoms with Crippen molar-refractivity contribution >= 4 is 17.7 Å². The minimum atomic E-state index is -0.223. The Morgan fingerprint density at radius 2 is 1.87 bits per heavy atom. The lowest BCUT2D eigenvalue weighted by atomic mass is 10.1. The average Bonchev–Trinajstić information content (AvgIpc) is 3.01.